The number of benzene rings is 2. The first-order valence-corrected chi connectivity index (χ1v) is 8.54. The molecule has 3 rings (SSSR count). The minimum atomic E-state index is -0.591. The van der Waals surface area contributed by atoms with Gasteiger partial charge in [-0.3, -0.25) is 19.8 Å². The van der Waals surface area contributed by atoms with Gasteiger partial charge in [0.2, 0.25) is 0 Å². The quantitative estimate of drug-likeness (QED) is 0.371. The van der Waals surface area contributed by atoms with E-state index in [0.717, 1.165) is 0 Å². The third-order valence-electron chi connectivity index (χ3n) is 3.83. The fraction of sp³-hybridized carbons (Fsp3) is 0.0526. The first-order chi connectivity index (χ1) is 12.9. The van der Waals surface area contributed by atoms with Gasteiger partial charge in [0.1, 0.15) is 5.57 Å². The lowest BCUT2D eigenvalue weighted by molar-refractivity contribution is -0.122. The average molecular weight is 401 g/mol. The SMILES string of the molecule is COC(=O)c1ccc(/C=C2/C(=O)NC(=S)N(c3ccc(Cl)cc3)C2=O)cc1. The number of thiocarbonyl (C=S) groups is 1. The number of amides is 2. The van der Waals surface area contributed by atoms with Crippen molar-refractivity contribution in [2.45, 2.75) is 0 Å². The Morgan fingerprint density at radius 2 is 1.74 bits per heavy atom. The summed E-state index contributed by atoms with van der Waals surface area (Å²) >= 11 is 11.0. The number of anilines is 1. The van der Waals surface area contributed by atoms with Crippen molar-refractivity contribution >= 4 is 58.5 Å². The van der Waals surface area contributed by atoms with E-state index >= 15 is 0 Å². The second-order valence-corrected chi connectivity index (χ2v) is 6.37. The number of rotatable bonds is 3. The first-order valence-electron chi connectivity index (χ1n) is 7.76. The van der Waals surface area contributed by atoms with E-state index in [1.165, 1.54) is 18.1 Å². The highest BCUT2D eigenvalue weighted by molar-refractivity contribution is 7.80. The Morgan fingerprint density at radius 3 is 2.33 bits per heavy atom. The Kier molecular flexibility index (Phi) is 5.34. The fourth-order valence-corrected chi connectivity index (χ4v) is 2.89. The van der Waals surface area contributed by atoms with Crippen molar-refractivity contribution in [1.82, 2.24) is 5.32 Å². The van der Waals surface area contributed by atoms with Crippen LogP contribution in [0.5, 0.6) is 0 Å². The summed E-state index contributed by atoms with van der Waals surface area (Å²) in [6.07, 6.45) is 1.43. The summed E-state index contributed by atoms with van der Waals surface area (Å²) in [6.45, 7) is 0. The average Bonchev–Trinajstić information content (AvgIpc) is 2.66. The number of ether oxygens (including phenoxy) is 1. The van der Waals surface area contributed by atoms with E-state index < -0.39 is 17.8 Å². The van der Waals surface area contributed by atoms with Crippen molar-refractivity contribution in [2.24, 2.45) is 0 Å². The number of hydrogen-bond donors (Lipinski definition) is 1. The van der Waals surface area contributed by atoms with Crippen LogP contribution in [0.4, 0.5) is 5.69 Å². The molecule has 1 N–H and O–H groups in total. The van der Waals surface area contributed by atoms with Gasteiger partial charge in [-0.25, -0.2) is 4.79 Å². The molecule has 0 bridgehead atoms. The van der Waals surface area contributed by atoms with Crippen LogP contribution in [-0.2, 0) is 14.3 Å². The molecule has 0 aromatic heterocycles. The van der Waals surface area contributed by atoms with Crippen LogP contribution < -0.4 is 10.2 Å². The third-order valence-corrected chi connectivity index (χ3v) is 4.37. The van der Waals surface area contributed by atoms with Crippen LogP contribution in [0.15, 0.2) is 54.1 Å². The molecular weight excluding hydrogens is 388 g/mol. The molecule has 8 heteroatoms. The highest BCUT2D eigenvalue weighted by Crippen LogP contribution is 2.23. The largest absolute Gasteiger partial charge is 0.465 e. The summed E-state index contributed by atoms with van der Waals surface area (Å²) in [5, 5.41) is 3.01. The molecule has 2 amide bonds. The van der Waals surface area contributed by atoms with E-state index in [0.29, 0.717) is 21.8 Å². The molecule has 0 unspecified atom stereocenters. The van der Waals surface area contributed by atoms with Crippen LogP contribution in [-0.4, -0.2) is 30.0 Å². The van der Waals surface area contributed by atoms with E-state index in [1.807, 2.05) is 0 Å². The smallest absolute Gasteiger partial charge is 0.337 e. The summed E-state index contributed by atoms with van der Waals surface area (Å²) in [5.74, 6) is -1.62. The molecular formula is C19H13ClN2O4S. The highest BCUT2D eigenvalue weighted by Gasteiger charge is 2.34. The summed E-state index contributed by atoms with van der Waals surface area (Å²) in [6, 6.07) is 12.8. The number of esters is 1. The van der Waals surface area contributed by atoms with Gasteiger partial charge in [-0.15, -0.1) is 0 Å². The van der Waals surface area contributed by atoms with Gasteiger partial charge in [0.25, 0.3) is 11.8 Å². The van der Waals surface area contributed by atoms with Crippen molar-refractivity contribution in [1.29, 1.82) is 0 Å². The van der Waals surface area contributed by atoms with Gasteiger partial charge < -0.3 is 4.74 Å². The van der Waals surface area contributed by atoms with Gasteiger partial charge in [-0.1, -0.05) is 23.7 Å². The van der Waals surface area contributed by atoms with Crippen LogP contribution >= 0.6 is 23.8 Å². The van der Waals surface area contributed by atoms with Crippen molar-refractivity contribution in [3.05, 3.63) is 70.3 Å². The topological polar surface area (TPSA) is 75.7 Å². The molecule has 0 spiro atoms. The molecule has 2 aromatic rings. The lowest BCUT2D eigenvalue weighted by Gasteiger charge is -2.28. The van der Waals surface area contributed by atoms with Crippen LogP contribution in [0, 0.1) is 0 Å². The summed E-state index contributed by atoms with van der Waals surface area (Å²) in [5.41, 5.74) is 1.35. The molecule has 1 heterocycles. The molecule has 1 aliphatic rings. The Morgan fingerprint density at radius 1 is 1.11 bits per heavy atom. The second-order valence-electron chi connectivity index (χ2n) is 5.55. The van der Waals surface area contributed by atoms with Gasteiger partial charge in [-0.2, -0.15) is 0 Å². The second kappa shape index (κ2) is 7.69. The number of hydrogen-bond acceptors (Lipinski definition) is 5. The normalized spacial score (nSPS) is 15.7. The molecule has 0 radical (unpaired) electrons. The van der Waals surface area contributed by atoms with Crippen molar-refractivity contribution in [3.8, 4) is 0 Å². The number of carbonyl (C=O) groups is 3. The maximum Gasteiger partial charge on any atom is 0.337 e. The Bertz CT molecular complexity index is 968. The predicted molar refractivity (Wildman–Crippen MR) is 105 cm³/mol. The lowest BCUT2D eigenvalue weighted by Crippen LogP contribution is -2.54. The molecule has 2 aromatic carbocycles. The van der Waals surface area contributed by atoms with E-state index in [1.54, 1.807) is 48.5 Å². The molecule has 1 fully saturated rings. The number of halogens is 1. The molecule has 0 atom stereocenters. The van der Waals surface area contributed by atoms with E-state index in [9.17, 15) is 14.4 Å². The van der Waals surface area contributed by atoms with Crippen LogP contribution in [0.2, 0.25) is 5.02 Å². The number of nitrogens with zero attached hydrogens (tertiary/aromatic N) is 1. The maximum absolute atomic E-state index is 12.9. The minimum Gasteiger partial charge on any atom is -0.465 e. The molecule has 27 heavy (non-hydrogen) atoms. The zero-order valence-electron chi connectivity index (χ0n) is 14.1. The van der Waals surface area contributed by atoms with Crippen LogP contribution in [0.25, 0.3) is 6.08 Å². The zero-order chi connectivity index (χ0) is 19.6. The maximum atomic E-state index is 12.9. The predicted octanol–water partition coefficient (Wildman–Crippen LogP) is 2.96. The molecule has 0 saturated carbocycles. The molecule has 136 valence electrons. The van der Waals surface area contributed by atoms with Crippen molar-refractivity contribution < 1.29 is 19.1 Å². The van der Waals surface area contributed by atoms with Gasteiger partial charge in [0.05, 0.1) is 18.4 Å². The molecule has 6 nitrogen and oxygen atoms in total. The summed E-state index contributed by atoms with van der Waals surface area (Å²) in [7, 11) is 1.29. The number of methoxy groups -OCH3 is 1. The Labute approximate surface area is 165 Å². The van der Waals surface area contributed by atoms with Crippen molar-refractivity contribution in [2.75, 3.05) is 12.0 Å². The monoisotopic (exact) mass is 400 g/mol. The van der Waals surface area contributed by atoms with Crippen molar-refractivity contribution in [3.63, 3.8) is 0 Å². The standard InChI is InChI=1S/C19H13ClN2O4S/c1-26-18(25)12-4-2-11(3-5-12)10-15-16(23)21-19(27)22(17(15)24)14-8-6-13(20)7-9-14/h2-10H,1H3,(H,21,23,27)/b15-10-. The molecule has 1 saturated heterocycles. The number of nitrogens with one attached hydrogen (secondary N) is 1. The van der Waals surface area contributed by atoms with Crippen LogP contribution in [0.3, 0.4) is 0 Å². The van der Waals surface area contributed by atoms with Gasteiger partial charge in [0, 0.05) is 5.02 Å². The Balaban J connectivity index is 1.94. The van der Waals surface area contributed by atoms with E-state index in [-0.39, 0.29) is 10.7 Å². The minimum absolute atomic E-state index is 0.00879. The van der Waals surface area contributed by atoms with Crippen LogP contribution in [0.1, 0.15) is 15.9 Å². The van der Waals surface area contributed by atoms with Gasteiger partial charge in [0.15, 0.2) is 5.11 Å². The lowest BCUT2D eigenvalue weighted by atomic mass is 10.1. The summed E-state index contributed by atoms with van der Waals surface area (Å²) < 4.78 is 4.64. The highest BCUT2D eigenvalue weighted by atomic mass is 35.5. The van der Waals surface area contributed by atoms with E-state index in [4.69, 9.17) is 23.8 Å². The third kappa shape index (κ3) is 3.89. The first kappa shape index (κ1) is 18.8. The van der Waals surface area contributed by atoms with Gasteiger partial charge in [-0.05, 0) is 60.3 Å². The molecule has 1 aliphatic heterocycles. The van der Waals surface area contributed by atoms with Gasteiger partial charge >= 0.3 is 5.97 Å². The Hall–Kier alpha value is -3.03. The fourth-order valence-electron chi connectivity index (χ4n) is 2.48. The molecule has 0 aliphatic carbocycles. The number of carbonyl (C=O) groups excluding carboxylic acids is 3. The van der Waals surface area contributed by atoms with E-state index in [2.05, 4.69) is 10.1 Å². The summed E-state index contributed by atoms with van der Waals surface area (Å²) in [4.78, 5) is 37.8. The zero-order valence-corrected chi connectivity index (χ0v) is 15.6.